The summed E-state index contributed by atoms with van der Waals surface area (Å²) in [5, 5.41) is 12.7. The number of piperazine rings is 1. The number of likely N-dealkylation sites (tertiary alicyclic amines) is 1. The van der Waals surface area contributed by atoms with Gasteiger partial charge in [0, 0.05) is 50.2 Å². The Morgan fingerprint density at radius 2 is 1.89 bits per heavy atom. The number of piperidine rings is 1. The van der Waals surface area contributed by atoms with Gasteiger partial charge in [-0.05, 0) is 70.1 Å². The number of nitriles is 1. The molecule has 37 heavy (non-hydrogen) atoms. The van der Waals surface area contributed by atoms with E-state index in [1.165, 1.54) is 0 Å². The van der Waals surface area contributed by atoms with E-state index in [1.54, 1.807) is 4.90 Å². The molecule has 3 amide bonds. The summed E-state index contributed by atoms with van der Waals surface area (Å²) < 4.78 is 5.59. The fraction of sp³-hybridized carbons (Fsp3) is 0.643. The molecule has 5 rings (SSSR count). The lowest BCUT2D eigenvalue weighted by Gasteiger charge is -2.39. The van der Waals surface area contributed by atoms with Crippen LogP contribution < -0.4 is 10.2 Å². The summed E-state index contributed by atoms with van der Waals surface area (Å²) in [6, 6.07) is 9.38. The minimum absolute atomic E-state index is 0.0212. The van der Waals surface area contributed by atoms with E-state index in [4.69, 9.17) is 4.74 Å². The molecule has 198 valence electrons. The highest BCUT2D eigenvalue weighted by Crippen LogP contribution is 2.43. The fourth-order valence-electron chi connectivity index (χ4n) is 6.47. The zero-order valence-electron chi connectivity index (χ0n) is 22.0. The molecule has 3 saturated heterocycles. The number of hydrogen-bond donors (Lipinski definition) is 1. The third-order valence-corrected chi connectivity index (χ3v) is 8.17. The lowest BCUT2D eigenvalue weighted by atomic mass is 9.97. The molecule has 1 unspecified atom stereocenters. The number of fused-ring (bicyclic) bond motifs is 3. The van der Waals surface area contributed by atoms with Crippen LogP contribution in [0, 0.1) is 17.2 Å². The molecule has 3 aliphatic heterocycles. The van der Waals surface area contributed by atoms with Crippen LogP contribution in [0.15, 0.2) is 24.3 Å². The van der Waals surface area contributed by atoms with E-state index in [2.05, 4.69) is 28.4 Å². The van der Waals surface area contributed by atoms with Crippen LogP contribution in [0.1, 0.15) is 58.4 Å². The van der Waals surface area contributed by atoms with Crippen LogP contribution >= 0.6 is 0 Å². The minimum Gasteiger partial charge on any atom is -0.444 e. The van der Waals surface area contributed by atoms with E-state index >= 15 is 0 Å². The number of carbonyl (C=O) groups is 3. The second-order valence-corrected chi connectivity index (χ2v) is 11.8. The summed E-state index contributed by atoms with van der Waals surface area (Å²) in [5.41, 5.74) is 1.43. The summed E-state index contributed by atoms with van der Waals surface area (Å²) in [5.74, 6) is 0.0984. The molecule has 4 fully saturated rings. The van der Waals surface area contributed by atoms with E-state index < -0.39 is 23.8 Å². The monoisotopic (exact) mass is 507 g/mol. The Labute approximate surface area is 218 Å². The molecule has 9 nitrogen and oxygen atoms in total. The van der Waals surface area contributed by atoms with Crippen molar-refractivity contribution in [1.29, 1.82) is 5.26 Å². The zero-order chi connectivity index (χ0) is 26.3. The van der Waals surface area contributed by atoms with Crippen molar-refractivity contribution < 1.29 is 19.1 Å². The predicted molar refractivity (Wildman–Crippen MR) is 138 cm³/mol. The third kappa shape index (κ3) is 5.25. The van der Waals surface area contributed by atoms with E-state index in [1.807, 2.05) is 37.8 Å². The molecular formula is C28H37N5O4. The van der Waals surface area contributed by atoms with E-state index in [0.717, 1.165) is 56.6 Å². The average Bonchev–Trinajstić information content (AvgIpc) is 3.57. The molecule has 1 aromatic rings. The lowest BCUT2D eigenvalue weighted by molar-refractivity contribution is -0.129. The summed E-state index contributed by atoms with van der Waals surface area (Å²) in [7, 11) is 0. The number of rotatable bonds is 5. The lowest BCUT2D eigenvalue weighted by Crippen LogP contribution is -2.55. The van der Waals surface area contributed by atoms with Gasteiger partial charge in [0.25, 0.3) is 0 Å². The number of ether oxygens (including phenoxy) is 1. The second-order valence-electron chi connectivity index (χ2n) is 11.8. The van der Waals surface area contributed by atoms with Crippen LogP contribution in [0.3, 0.4) is 0 Å². The molecule has 5 atom stereocenters. The zero-order valence-corrected chi connectivity index (χ0v) is 22.0. The molecule has 3 heterocycles. The predicted octanol–water partition coefficient (Wildman–Crippen LogP) is 2.84. The normalized spacial score (nSPS) is 27.6. The molecule has 1 aromatic carbocycles. The minimum atomic E-state index is -0.689. The SMILES string of the molecule is CC(C)(C)OC(=O)N1[C@@H]2CC[C@@H](C2)[C@H]1C(=O)N[C@H](C#N)Cc1ccc(N2CCN3C(=O)CCC3C2)cc1. The van der Waals surface area contributed by atoms with Gasteiger partial charge in [-0.15, -0.1) is 0 Å². The summed E-state index contributed by atoms with van der Waals surface area (Å²) in [6.45, 7) is 7.88. The average molecular weight is 508 g/mol. The van der Waals surface area contributed by atoms with Crippen molar-refractivity contribution in [3.05, 3.63) is 29.8 Å². The first-order valence-corrected chi connectivity index (χ1v) is 13.5. The van der Waals surface area contributed by atoms with Crippen LogP contribution in [-0.2, 0) is 20.7 Å². The van der Waals surface area contributed by atoms with Gasteiger partial charge in [-0.1, -0.05) is 12.1 Å². The molecule has 1 N–H and O–H groups in total. The van der Waals surface area contributed by atoms with Gasteiger partial charge in [0.1, 0.15) is 17.7 Å². The second kappa shape index (κ2) is 9.88. The number of nitrogens with zero attached hydrogens (tertiary/aromatic N) is 4. The van der Waals surface area contributed by atoms with Gasteiger partial charge in [0.2, 0.25) is 11.8 Å². The van der Waals surface area contributed by atoms with Gasteiger partial charge < -0.3 is 19.9 Å². The molecule has 2 bridgehead atoms. The van der Waals surface area contributed by atoms with Crippen molar-refractivity contribution in [2.75, 3.05) is 24.5 Å². The number of benzene rings is 1. The van der Waals surface area contributed by atoms with Crippen LogP contribution in [0.4, 0.5) is 10.5 Å². The maximum absolute atomic E-state index is 13.3. The van der Waals surface area contributed by atoms with Crippen LogP contribution in [0.5, 0.6) is 0 Å². The molecule has 4 aliphatic rings. The van der Waals surface area contributed by atoms with E-state index in [0.29, 0.717) is 18.9 Å². The van der Waals surface area contributed by atoms with E-state index in [-0.39, 0.29) is 23.8 Å². The largest absolute Gasteiger partial charge is 0.444 e. The standard InChI is InChI=1S/C28H37N5O4/c1-28(2,3)37-27(36)33-22-9-6-19(15-22)25(33)26(35)30-20(16-29)14-18-4-7-21(8-5-18)31-12-13-32-23(17-31)10-11-24(32)34/h4-5,7-8,19-20,22-23,25H,6,9-15,17H2,1-3H3,(H,30,35)/t19-,20-,22+,23?,25-/m0/s1. The topological polar surface area (TPSA) is 106 Å². The van der Waals surface area contributed by atoms with Crippen LogP contribution in [0.2, 0.25) is 0 Å². The smallest absolute Gasteiger partial charge is 0.411 e. The van der Waals surface area contributed by atoms with Gasteiger partial charge in [-0.25, -0.2) is 4.79 Å². The molecular weight excluding hydrogens is 470 g/mol. The van der Waals surface area contributed by atoms with Crippen molar-refractivity contribution in [2.45, 2.75) is 89.1 Å². The Morgan fingerprint density at radius 3 is 2.59 bits per heavy atom. The van der Waals surface area contributed by atoms with Crippen molar-refractivity contribution in [1.82, 2.24) is 15.1 Å². The molecule has 1 aliphatic carbocycles. The Morgan fingerprint density at radius 1 is 1.14 bits per heavy atom. The highest BCUT2D eigenvalue weighted by Gasteiger charge is 2.52. The number of nitrogens with one attached hydrogen (secondary N) is 1. The highest BCUT2D eigenvalue weighted by atomic mass is 16.6. The number of carbonyl (C=O) groups excluding carboxylic acids is 3. The number of hydrogen-bond acceptors (Lipinski definition) is 6. The van der Waals surface area contributed by atoms with Gasteiger partial charge >= 0.3 is 6.09 Å². The van der Waals surface area contributed by atoms with Crippen molar-refractivity contribution >= 4 is 23.6 Å². The Balaban J connectivity index is 1.19. The van der Waals surface area contributed by atoms with E-state index in [9.17, 15) is 19.6 Å². The van der Waals surface area contributed by atoms with Gasteiger partial charge in [-0.2, -0.15) is 5.26 Å². The molecule has 0 radical (unpaired) electrons. The van der Waals surface area contributed by atoms with Gasteiger partial charge in [0.05, 0.1) is 6.07 Å². The van der Waals surface area contributed by atoms with Crippen LogP contribution in [0.25, 0.3) is 0 Å². The molecule has 0 aromatic heterocycles. The quantitative estimate of drug-likeness (QED) is 0.657. The van der Waals surface area contributed by atoms with Crippen molar-refractivity contribution in [3.8, 4) is 6.07 Å². The summed E-state index contributed by atoms with van der Waals surface area (Å²) in [4.78, 5) is 44.1. The Bertz CT molecular complexity index is 1090. The maximum atomic E-state index is 13.3. The first-order valence-electron chi connectivity index (χ1n) is 13.5. The number of anilines is 1. The van der Waals surface area contributed by atoms with Crippen LogP contribution in [-0.4, -0.2) is 77.1 Å². The Kier molecular flexibility index (Phi) is 6.78. The van der Waals surface area contributed by atoms with Crippen molar-refractivity contribution in [3.63, 3.8) is 0 Å². The molecule has 0 spiro atoms. The molecule has 9 heteroatoms. The van der Waals surface area contributed by atoms with Gasteiger partial charge in [0.15, 0.2) is 0 Å². The first kappa shape index (κ1) is 25.4. The Hall–Kier alpha value is -3.28. The maximum Gasteiger partial charge on any atom is 0.411 e. The summed E-state index contributed by atoms with van der Waals surface area (Å²) >= 11 is 0. The van der Waals surface area contributed by atoms with Gasteiger partial charge in [-0.3, -0.25) is 14.5 Å². The van der Waals surface area contributed by atoms with Crippen molar-refractivity contribution in [2.24, 2.45) is 5.92 Å². The fourth-order valence-corrected chi connectivity index (χ4v) is 6.47. The highest BCUT2D eigenvalue weighted by molar-refractivity contribution is 5.87. The third-order valence-electron chi connectivity index (χ3n) is 8.17. The number of amides is 3. The first-order chi connectivity index (χ1) is 17.6. The summed E-state index contributed by atoms with van der Waals surface area (Å²) in [6.07, 6.45) is 4.10. The molecule has 1 saturated carbocycles.